The molecule has 1 saturated heterocycles. The monoisotopic (exact) mass is 283 g/mol. The third-order valence-electron chi connectivity index (χ3n) is 3.86. The molecule has 0 aromatic heterocycles. The van der Waals surface area contributed by atoms with E-state index in [1.807, 2.05) is 11.9 Å². The molecule has 112 valence electrons. The van der Waals surface area contributed by atoms with E-state index in [4.69, 9.17) is 9.47 Å². The molecule has 2 fully saturated rings. The van der Waals surface area contributed by atoms with Crippen molar-refractivity contribution in [3.05, 3.63) is 0 Å². The number of likely N-dealkylation sites (N-methyl/N-ethyl adjacent to an activating group) is 1. The van der Waals surface area contributed by atoms with E-state index in [2.05, 4.69) is 4.74 Å². The maximum Gasteiger partial charge on any atom is 0.522 e. The summed E-state index contributed by atoms with van der Waals surface area (Å²) in [7, 11) is 1.83. The molecule has 0 N–H and O–H groups in total. The standard InChI is InChI=1S/C12H20F3NO3/c1-16(6-7-19-12(13,14)15)10-2-4-11(5-3-10)17-8-9-18-11/h10H,2-9H2,1H3. The smallest absolute Gasteiger partial charge is 0.348 e. The first-order valence-electron chi connectivity index (χ1n) is 6.59. The van der Waals surface area contributed by atoms with Crippen LogP contribution in [0.4, 0.5) is 13.2 Å². The molecular formula is C12H20F3NO3. The molecular weight excluding hydrogens is 263 g/mol. The second kappa shape index (κ2) is 5.95. The van der Waals surface area contributed by atoms with Crippen LogP contribution in [0.5, 0.6) is 0 Å². The minimum atomic E-state index is -4.54. The van der Waals surface area contributed by atoms with Crippen LogP contribution in [0.15, 0.2) is 0 Å². The lowest BCUT2D eigenvalue weighted by molar-refractivity contribution is -0.325. The second-order valence-electron chi connectivity index (χ2n) is 5.11. The maximum absolute atomic E-state index is 11.9. The van der Waals surface area contributed by atoms with E-state index in [0.29, 0.717) is 13.2 Å². The Morgan fingerprint density at radius 2 is 1.79 bits per heavy atom. The van der Waals surface area contributed by atoms with Crippen molar-refractivity contribution in [2.24, 2.45) is 0 Å². The van der Waals surface area contributed by atoms with Crippen LogP contribution < -0.4 is 0 Å². The van der Waals surface area contributed by atoms with Crippen molar-refractivity contribution in [3.8, 4) is 0 Å². The van der Waals surface area contributed by atoms with Crippen molar-refractivity contribution in [1.82, 2.24) is 4.90 Å². The summed E-state index contributed by atoms with van der Waals surface area (Å²) >= 11 is 0. The largest absolute Gasteiger partial charge is 0.522 e. The topological polar surface area (TPSA) is 30.9 Å². The van der Waals surface area contributed by atoms with Gasteiger partial charge in [0, 0.05) is 25.4 Å². The summed E-state index contributed by atoms with van der Waals surface area (Å²) in [5.41, 5.74) is 0. The molecule has 1 aliphatic carbocycles. The van der Waals surface area contributed by atoms with Gasteiger partial charge in [-0.3, -0.25) is 4.74 Å². The lowest BCUT2D eigenvalue weighted by Gasteiger charge is -2.39. The van der Waals surface area contributed by atoms with Gasteiger partial charge in [0.25, 0.3) is 0 Å². The van der Waals surface area contributed by atoms with E-state index in [1.54, 1.807) is 0 Å². The molecule has 1 heterocycles. The van der Waals surface area contributed by atoms with E-state index < -0.39 is 12.1 Å². The van der Waals surface area contributed by atoms with Gasteiger partial charge < -0.3 is 14.4 Å². The van der Waals surface area contributed by atoms with Crippen LogP contribution >= 0.6 is 0 Å². The molecule has 7 heteroatoms. The average molecular weight is 283 g/mol. The van der Waals surface area contributed by atoms with Gasteiger partial charge in [-0.1, -0.05) is 0 Å². The molecule has 2 rings (SSSR count). The number of rotatable bonds is 4. The normalized spacial score (nSPS) is 24.5. The molecule has 0 unspecified atom stereocenters. The van der Waals surface area contributed by atoms with Crippen molar-refractivity contribution in [1.29, 1.82) is 0 Å². The Labute approximate surface area is 110 Å². The fraction of sp³-hybridized carbons (Fsp3) is 1.00. The SMILES string of the molecule is CN(CCOC(F)(F)F)C1CCC2(CC1)OCCO2. The van der Waals surface area contributed by atoms with Gasteiger partial charge in [0.05, 0.1) is 19.8 Å². The minimum Gasteiger partial charge on any atom is -0.348 e. The van der Waals surface area contributed by atoms with Crippen molar-refractivity contribution in [2.45, 2.75) is 43.9 Å². The van der Waals surface area contributed by atoms with Crippen LogP contribution in [-0.4, -0.2) is 56.5 Å². The predicted molar refractivity (Wildman–Crippen MR) is 61.5 cm³/mol. The van der Waals surface area contributed by atoms with E-state index in [-0.39, 0.29) is 19.2 Å². The summed E-state index contributed by atoms with van der Waals surface area (Å²) in [6, 6.07) is 0.273. The van der Waals surface area contributed by atoms with Crippen LogP contribution in [0, 0.1) is 0 Å². The molecule has 2 aliphatic rings. The number of hydrogen-bond acceptors (Lipinski definition) is 4. The highest BCUT2D eigenvalue weighted by molar-refractivity contribution is 4.85. The zero-order valence-corrected chi connectivity index (χ0v) is 11.0. The lowest BCUT2D eigenvalue weighted by Crippen LogP contribution is -2.43. The third-order valence-corrected chi connectivity index (χ3v) is 3.86. The van der Waals surface area contributed by atoms with E-state index in [9.17, 15) is 13.2 Å². The number of alkyl halides is 3. The summed E-state index contributed by atoms with van der Waals surface area (Å²) in [6.07, 6.45) is -1.17. The Bertz CT molecular complexity index is 282. The van der Waals surface area contributed by atoms with Crippen LogP contribution in [0.3, 0.4) is 0 Å². The summed E-state index contributed by atoms with van der Waals surface area (Å²) < 4.78 is 50.7. The molecule has 0 atom stereocenters. The van der Waals surface area contributed by atoms with Gasteiger partial charge in [0.2, 0.25) is 0 Å². The number of nitrogens with zero attached hydrogens (tertiary/aromatic N) is 1. The molecule has 4 nitrogen and oxygen atoms in total. The van der Waals surface area contributed by atoms with E-state index in [0.717, 1.165) is 25.7 Å². The second-order valence-corrected chi connectivity index (χ2v) is 5.11. The third kappa shape index (κ3) is 4.30. The lowest BCUT2D eigenvalue weighted by atomic mass is 9.89. The van der Waals surface area contributed by atoms with Gasteiger partial charge in [-0.25, -0.2) is 0 Å². The molecule has 0 bridgehead atoms. The van der Waals surface area contributed by atoms with Crippen molar-refractivity contribution >= 4 is 0 Å². The van der Waals surface area contributed by atoms with Crippen molar-refractivity contribution in [3.63, 3.8) is 0 Å². The summed E-state index contributed by atoms with van der Waals surface area (Å²) in [4.78, 5) is 1.92. The number of halogens is 3. The highest BCUT2D eigenvalue weighted by Crippen LogP contribution is 2.37. The molecule has 0 radical (unpaired) electrons. The molecule has 1 aliphatic heterocycles. The van der Waals surface area contributed by atoms with Crippen LogP contribution in [-0.2, 0) is 14.2 Å². The van der Waals surface area contributed by atoms with Gasteiger partial charge in [0.15, 0.2) is 5.79 Å². The van der Waals surface area contributed by atoms with Gasteiger partial charge >= 0.3 is 6.36 Å². The zero-order chi connectivity index (χ0) is 13.9. The number of hydrogen-bond donors (Lipinski definition) is 0. The molecule has 0 aromatic rings. The Hall–Kier alpha value is -0.370. The Morgan fingerprint density at radius 3 is 2.32 bits per heavy atom. The fourth-order valence-corrected chi connectivity index (χ4v) is 2.76. The van der Waals surface area contributed by atoms with Crippen LogP contribution in [0.1, 0.15) is 25.7 Å². The first kappa shape index (κ1) is 15.0. The molecule has 1 saturated carbocycles. The number of ether oxygens (including phenoxy) is 3. The van der Waals surface area contributed by atoms with Gasteiger partial charge in [-0.05, 0) is 19.9 Å². The molecule has 1 spiro atoms. The van der Waals surface area contributed by atoms with Gasteiger partial charge in [-0.2, -0.15) is 0 Å². The Kier molecular flexibility index (Phi) is 4.70. The first-order valence-corrected chi connectivity index (χ1v) is 6.59. The first-order chi connectivity index (χ1) is 8.90. The highest BCUT2D eigenvalue weighted by Gasteiger charge is 2.41. The van der Waals surface area contributed by atoms with Crippen LogP contribution in [0.25, 0.3) is 0 Å². The molecule has 0 amide bonds. The predicted octanol–water partition coefficient (Wildman–Crippen LogP) is 2.14. The fourth-order valence-electron chi connectivity index (χ4n) is 2.76. The molecule has 19 heavy (non-hydrogen) atoms. The maximum atomic E-state index is 11.9. The van der Waals surface area contributed by atoms with E-state index >= 15 is 0 Å². The van der Waals surface area contributed by atoms with Gasteiger partial charge in [-0.15, -0.1) is 13.2 Å². The Balaban J connectivity index is 1.69. The van der Waals surface area contributed by atoms with Crippen molar-refractivity contribution < 1.29 is 27.4 Å². The summed E-state index contributed by atoms with van der Waals surface area (Å²) in [5.74, 6) is -0.417. The average Bonchev–Trinajstić information content (AvgIpc) is 2.77. The van der Waals surface area contributed by atoms with Crippen molar-refractivity contribution in [2.75, 3.05) is 33.4 Å². The Morgan fingerprint density at radius 1 is 1.21 bits per heavy atom. The quantitative estimate of drug-likeness (QED) is 0.791. The van der Waals surface area contributed by atoms with Gasteiger partial charge in [0.1, 0.15) is 0 Å². The summed E-state index contributed by atoms with van der Waals surface area (Å²) in [6.45, 7) is 1.23. The summed E-state index contributed by atoms with van der Waals surface area (Å²) in [5, 5.41) is 0. The van der Waals surface area contributed by atoms with Crippen LogP contribution in [0.2, 0.25) is 0 Å². The molecule has 0 aromatic carbocycles. The highest BCUT2D eigenvalue weighted by atomic mass is 19.4. The minimum absolute atomic E-state index is 0.273. The zero-order valence-electron chi connectivity index (χ0n) is 11.0. The van der Waals surface area contributed by atoms with E-state index in [1.165, 1.54) is 0 Å².